The lowest BCUT2D eigenvalue weighted by molar-refractivity contribution is 0.0940. The van der Waals surface area contributed by atoms with Crippen molar-refractivity contribution in [3.05, 3.63) is 29.3 Å². The van der Waals surface area contributed by atoms with Crippen LogP contribution in [-0.4, -0.2) is 38.1 Å². The lowest BCUT2D eigenvalue weighted by Gasteiger charge is -2.22. The number of benzene rings is 1. The second-order valence-electron chi connectivity index (χ2n) is 5.88. The van der Waals surface area contributed by atoms with E-state index < -0.39 is 0 Å². The van der Waals surface area contributed by atoms with Gasteiger partial charge in [0.25, 0.3) is 5.91 Å². The van der Waals surface area contributed by atoms with E-state index in [1.54, 1.807) is 0 Å². The summed E-state index contributed by atoms with van der Waals surface area (Å²) < 4.78 is 0. The monoisotopic (exact) mass is 273 g/mol. The molecule has 4 heteroatoms. The van der Waals surface area contributed by atoms with Gasteiger partial charge in [0.15, 0.2) is 0 Å². The number of rotatable bonds is 3. The van der Waals surface area contributed by atoms with Crippen LogP contribution in [0, 0.1) is 6.92 Å². The van der Waals surface area contributed by atoms with Crippen LogP contribution in [0.2, 0.25) is 0 Å². The molecular formula is C16H23N3O. The average Bonchev–Trinajstić information content (AvgIpc) is 3.11. The number of nitrogens with one attached hydrogen (secondary N) is 2. The van der Waals surface area contributed by atoms with Crippen LogP contribution in [0.5, 0.6) is 0 Å². The van der Waals surface area contributed by atoms with Gasteiger partial charge in [-0.05, 0) is 44.9 Å². The van der Waals surface area contributed by atoms with Crippen molar-refractivity contribution < 1.29 is 4.79 Å². The van der Waals surface area contributed by atoms with E-state index in [-0.39, 0.29) is 11.9 Å². The largest absolute Gasteiger partial charge is 0.371 e. The maximum absolute atomic E-state index is 12.6. The summed E-state index contributed by atoms with van der Waals surface area (Å²) in [6.07, 6.45) is 3.47. The van der Waals surface area contributed by atoms with Crippen LogP contribution >= 0.6 is 0 Å². The number of hydrogen-bond acceptors (Lipinski definition) is 3. The van der Waals surface area contributed by atoms with Gasteiger partial charge in [-0.1, -0.05) is 11.6 Å². The van der Waals surface area contributed by atoms with Crippen LogP contribution < -0.4 is 15.5 Å². The van der Waals surface area contributed by atoms with Crippen molar-refractivity contribution in [3.63, 3.8) is 0 Å². The van der Waals surface area contributed by atoms with E-state index in [1.165, 1.54) is 12.8 Å². The quantitative estimate of drug-likeness (QED) is 0.881. The zero-order valence-corrected chi connectivity index (χ0v) is 12.1. The summed E-state index contributed by atoms with van der Waals surface area (Å²) in [4.78, 5) is 14.9. The van der Waals surface area contributed by atoms with Crippen LogP contribution in [0.25, 0.3) is 0 Å². The van der Waals surface area contributed by atoms with Crippen molar-refractivity contribution in [2.24, 2.45) is 0 Å². The zero-order chi connectivity index (χ0) is 13.9. The molecule has 3 rings (SSSR count). The maximum Gasteiger partial charge on any atom is 0.253 e. The SMILES string of the molecule is Cc1ccc(N2CCCC2)c(C(=O)NC2CCNC2)c1. The van der Waals surface area contributed by atoms with Gasteiger partial charge in [0.2, 0.25) is 0 Å². The maximum atomic E-state index is 12.6. The summed E-state index contributed by atoms with van der Waals surface area (Å²) >= 11 is 0. The first-order valence-electron chi connectivity index (χ1n) is 7.61. The first-order chi connectivity index (χ1) is 9.74. The van der Waals surface area contributed by atoms with Crippen molar-refractivity contribution in [2.75, 3.05) is 31.1 Å². The van der Waals surface area contributed by atoms with Gasteiger partial charge < -0.3 is 15.5 Å². The topological polar surface area (TPSA) is 44.4 Å². The molecule has 4 nitrogen and oxygen atoms in total. The molecule has 2 aliphatic rings. The molecule has 0 bridgehead atoms. The number of hydrogen-bond donors (Lipinski definition) is 2. The van der Waals surface area contributed by atoms with Crippen LogP contribution in [-0.2, 0) is 0 Å². The fourth-order valence-electron chi connectivity index (χ4n) is 3.11. The molecule has 0 aliphatic carbocycles. The predicted octanol–water partition coefficient (Wildman–Crippen LogP) is 1.69. The van der Waals surface area contributed by atoms with Gasteiger partial charge in [-0.25, -0.2) is 0 Å². The smallest absolute Gasteiger partial charge is 0.253 e. The van der Waals surface area contributed by atoms with E-state index in [1.807, 2.05) is 13.0 Å². The van der Waals surface area contributed by atoms with Crippen molar-refractivity contribution in [3.8, 4) is 0 Å². The Morgan fingerprint density at radius 1 is 1.35 bits per heavy atom. The van der Waals surface area contributed by atoms with E-state index in [0.29, 0.717) is 0 Å². The van der Waals surface area contributed by atoms with Crippen LogP contribution in [0.15, 0.2) is 18.2 Å². The summed E-state index contributed by atoms with van der Waals surface area (Å²) in [5, 5.41) is 6.44. The highest BCUT2D eigenvalue weighted by Crippen LogP contribution is 2.25. The van der Waals surface area contributed by atoms with E-state index in [2.05, 4.69) is 27.7 Å². The van der Waals surface area contributed by atoms with E-state index in [4.69, 9.17) is 0 Å². The van der Waals surface area contributed by atoms with Crippen molar-refractivity contribution in [1.29, 1.82) is 0 Å². The van der Waals surface area contributed by atoms with Crippen molar-refractivity contribution >= 4 is 11.6 Å². The Morgan fingerprint density at radius 2 is 2.15 bits per heavy atom. The molecule has 20 heavy (non-hydrogen) atoms. The van der Waals surface area contributed by atoms with Gasteiger partial charge in [0.05, 0.1) is 5.56 Å². The van der Waals surface area contributed by atoms with Crippen LogP contribution in [0.1, 0.15) is 35.2 Å². The first-order valence-corrected chi connectivity index (χ1v) is 7.61. The molecule has 0 saturated carbocycles. The Balaban J connectivity index is 1.82. The van der Waals surface area contributed by atoms with Gasteiger partial charge in [-0.15, -0.1) is 0 Å². The molecule has 0 radical (unpaired) electrons. The minimum atomic E-state index is 0.0734. The first kappa shape index (κ1) is 13.4. The van der Waals surface area contributed by atoms with E-state index >= 15 is 0 Å². The Hall–Kier alpha value is -1.55. The lowest BCUT2D eigenvalue weighted by Crippen LogP contribution is -2.37. The van der Waals surface area contributed by atoms with Crippen LogP contribution in [0.4, 0.5) is 5.69 Å². The minimum absolute atomic E-state index is 0.0734. The minimum Gasteiger partial charge on any atom is -0.371 e. The van der Waals surface area contributed by atoms with E-state index in [0.717, 1.165) is 49.4 Å². The fourth-order valence-corrected chi connectivity index (χ4v) is 3.11. The van der Waals surface area contributed by atoms with Gasteiger partial charge in [0, 0.05) is 31.4 Å². The third-order valence-electron chi connectivity index (χ3n) is 4.24. The normalized spacial score (nSPS) is 22.2. The third kappa shape index (κ3) is 2.80. The summed E-state index contributed by atoms with van der Waals surface area (Å²) in [6.45, 7) is 6.05. The van der Waals surface area contributed by atoms with Crippen molar-refractivity contribution in [1.82, 2.24) is 10.6 Å². The molecule has 0 aromatic heterocycles. The third-order valence-corrected chi connectivity index (χ3v) is 4.24. The number of nitrogens with zero attached hydrogens (tertiary/aromatic N) is 1. The highest BCUT2D eigenvalue weighted by atomic mass is 16.1. The molecule has 1 aromatic carbocycles. The molecule has 2 fully saturated rings. The average molecular weight is 273 g/mol. The number of carbonyl (C=O) groups excluding carboxylic acids is 1. The highest BCUT2D eigenvalue weighted by molar-refractivity contribution is 6.00. The van der Waals surface area contributed by atoms with Gasteiger partial charge in [-0.2, -0.15) is 0 Å². The summed E-state index contributed by atoms with van der Waals surface area (Å²) in [6, 6.07) is 6.49. The van der Waals surface area contributed by atoms with Crippen molar-refractivity contribution in [2.45, 2.75) is 32.2 Å². The standard InChI is InChI=1S/C16H23N3O/c1-12-4-5-15(19-8-2-3-9-19)14(10-12)16(20)18-13-6-7-17-11-13/h4-5,10,13,17H,2-3,6-9,11H2,1H3,(H,18,20). The summed E-state index contributed by atoms with van der Waals surface area (Å²) in [7, 11) is 0. The molecule has 1 unspecified atom stereocenters. The Morgan fingerprint density at radius 3 is 2.85 bits per heavy atom. The Kier molecular flexibility index (Phi) is 3.92. The Labute approximate surface area is 120 Å². The predicted molar refractivity (Wildman–Crippen MR) is 81.4 cm³/mol. The molecule has 2 N–H and O–H groups in total. The molecule has 2 aliphatic heterocycles. The summed E-state index contributed by atoms with van der Waals surface area (Å²) in [5.41, 5.74) is 3.07. The molecule has 1 atom stereocenters. The second-order valence-corrected chi connectivity index (χ2v) is 5.88. The molecule has 1 aromatic rings. The highest BCUT2D eigenvalue weighted by Gasteiger charge is 2.22. The van der Waals surface area contributed by atoms with Gasteiger partial charge in [0.1, 0.15) is 0 Å². The fraction of sp³-hybridized carbons (Fsp3) is 0.562. The second kappa shape index (κ2) is 5.83. The molecule has 0 spiro atoms. The number of carbonyl (C=O) groups is 1. The van der Waals surface area contributed by atoms with Crippen LogP contribution in [0.3, 0.4) is 0 Å². The zero-order valence-electron chi connectivity index (χ0n) is 12.1. The molecule has 1 amide bonds. The summed E-state index contributed by atoms with van der Waals surface area (Å²) in [5.74, 6) is 0.0734. The van der Waals surface area contributed by atoms with Gasteiger partial charge in [-0.3, -0.25) is 4.79 Å². The number of aryl methyl sites for hydroxylation is 1. The van der Waals surface area contributed by atoms with E-state index in [9.17, 15) is 4.79 Å². The lowest BCUT2D eigenvalue weighted by atomic mass is 10.1. The Bertz CT molecular complexity index is 488. The molecular weight excluding hydrogens is 250 g/mol. The number of amides is 1. The molecule has 2 heterocycles. The molecule has 108 valence electrons. The van der Waals surface area contributed by atoms with Gasteiger partial charge >= 0.3 is 0 Å². The molecule has 2 saturated heterocycles. The number of anilines is 1.